The van der Waals surface area contributed by atoms with Crippen LogP contribution >= 0.6 is 0 Å². The van der Waals surface area contributed by atoms with E-state index in [1.165, 1.54) is 0 Å². The second kappa shape index (κ2) is 7.47. The first-order valence-electron chi connectivity index (χ1n) is 1.72. The SMILES string of the molecule is O=C([O-])C(=O)O.[Na+].[O]=[Mn](=[O])(=[O])[OH]. The molecule has 0 aromatic carbocycles. The molecule has 0 amide bonds. The summed E-state index contributed by atoms with van der Waals surface area (Å²) >= 11 is -5.38. The number of carbonyl (C=O) groups is 2. The standard InChI is InChI=1S/C2H2O4.Mn.Na.H2O.3O/c3-1(4)2(5)6;;;;;;/h(H,3,4)(H,5,6);;;1H2;;;/q;2*+1;;;;/p-2. The van der Waals surface area contributed by atoms with Gasteiger partial charge in [0.05, 0.1) is 0 Å². The minimum absolute atomic E-state index is 0. The van der Waals surface area contributed by atoms with Crippen molar-refractivity contribution in [1.29, 1.82) is 0 Å². The molecule has 0 spiro atoms. The summed E-state index contributed by atoms with van der Waals surface area (Å²) in [6.45, 7) is 0. The van der Waals surface area contributed by atoms with Gasteiger partial charge >= 0.3 is 64.2 Å². The Balaban J connectivity index is -0.000000126. The Bertz CT molecular complexity index is 267. The summed E-state index contributed by atoms with van der Waals surface area (Å²) in [6.07, 6.45) is 0. The summed E-state index contributed by atoms with van der Waals surface area (Å²) in [5.74, 6) is -4.01. The predicted molar refractivity (Wildman–Crippen MR) is 16.9 cm³/mol. The van der Waals surface area contributed by atoms with E-state index in [1.54, 1.807) is 0 Å². The number of carboxylic acids is 2. The van der Waals surface area contributed by atoms with Crippen molar-refractivity contribution < 1.29 is 78.0 Å². The van der Waals surface area contributed by atoms with Gasteiger partial charge in [0, 0.05) is 0 Å². The summed E-state index contributed by atoms with van der Waals surface area (Å²) in [6, 6.07) is 0. The first-order valence-corrected chi connectivity index (χ1v) is 3.69. The zero-order valence-electron chi connectivity index (χ0n) is 5.72. The molecule has 0 aliphatic heterocycles. The van der Waals surface area contributed by atoms with Crippen molar-refractivity contribution in [2.75, 3.05) is 0 Å². The third-order valence-electron chi connectivity index (χ3n) is 0.175. The molecule has 12 heavy (non-hydrogen) atoms. The molecule has 0 aliphatic rings. The van der Waals surface area contributed by atoms with Crippen LogP contribution in [-0.4, -0.2) is 21.2 Å². The Morgan fingerprint density at radius 3 is 1.25 bits per heavy atom. The van der Waals surface area contributed by atoms with Crippen LogP contribution in [0.4, 0.5) is 0 Å². The monoisotopic (exact) mass is 232 g/mol. The van der Waals surface area contributed by atoms with Crippen molar-refractivity contribution in [2.45, 2.75) is 0 Å². The summed E-state index contributed by atoms with van der Waals surface area (Å²) in [7, 11) is 0. The van der Waals surface area contributed by atoms with E-state index in [4.69, 9.17) is 35.5 Å². The predicted octanol–water partition coefficient (Wildman–Crippen LogP) is -6.09. The fourth-order valence-corrected chi connectivity index (χ4v) is 0. The molecule has 0 heterocycles. The number of hydrogen-bond donors (Lipinski definition) is 2. The summed E-state index contributed by atoms with van der Waals surface area (Å²) in [4.78, 5) is 18.0. The van der Waals surface area contributed by atoms with E-state index in [-0.39, 0.29) is 29.6 Å². The molecule has 0 bridgehead atoms. The number of rotatable bonds is 0. The average Bonchev–Trinajstić information content (AvgIpc) is 1.59. The molecule has 0 aromatic rings. The van der Waals surface area contributed by atoms with Crippen molar-refractivity contribution in [2.24, 2.45) is 0 Å². The summed E-state index contributed by atoms with van der Waals surface area (Å²) in [5, 5.41) is 16.3. The minimum atomic E-state index is -5.38. The Hall–Kier alpha value is -0.181. The number of carboxylic acid groups (broad SMARTS) is 2. The van der Waals surface area contributed by atoms with Gasteiger partial charge in [0.2, 0.25) is 0 Å². The molecule has 10 heteroatoms. The van der Waals surface area contributed by atoms with Crippen LogP contribution in [0.5, 0.6) is 0 Å². The van der Waals surface area contributed by atoms with Crippen LogP contribution in [0.2, 0.25) is 0 Å². The maximum absolute atomic E-state index is 9.04. The van der Waals surface area contributed by atoms with Crippen molar-refractivity contribution in [3.05, 3.63) is 0 Å². The first-order chi connectivity index (χ1) is 4.64. The molecule has 8 nitrogen and oxygen atoms in total. The van der Waals surface area contributed by atoms with Gasteiger partial charge in [-0.05, 0) is 0 Å². The van der Waals surface area contributed by atoms with Crippen LogP contribution in [0, 0.1) is 0 Å². The molecular formula is C2H2MnNaO8. The molecule has 2 N–H and O–H groups in total. The third-order valence-corrected chi connectivity index (χ3v) is 0.175. The van der Waals surface area contributed by atoms with Gasteiger partial charge in [0.15, 0.2) is 5.97 Å². The molecule has 0 aliphatic carbocycles. The van der Waals surface area contributed by atoms with Crippen molar-refractivity contribution >= 4 is 11.9 Å². The molecule has 0 saturated carbocycles. The van der Waals surface area contributed by atoms with Gasteiger partial charge < -0.3 is 15.0 Å². The number of aliphatic carboxylic acids is 2. The summed E-state index contributed by atoms with van der Waals surface area (Å²) in [5.41, 5.74) is 0. The van der Waals surface area contributed by atoms with Crippen LogP contribution < -0.4 is 34.7 Å². The molecule has 66 valence electrons. The van der Waals surface area contributed by atoms with E-state index in [2.05, 4.69) is 0 Å². The van der Waals surface area contributed by atoms with E-state index in [1.807, 2.05) is 0 Å². The van der Waals surface area contributed by atoms with E-state index >= 15 is 0 Å². The molecule has 0 unspecified atom stereocenters. The summed E-state index contributed by atoms with van der Waals surface area (Å²) < 4.78 is 33.1. The van der Waals surface area contributed by atoms with Crippen molar-refractivity contribution in [1.82, 2.24) is 0 Å². The molecule has 0 rings (SSSR count). The van der Waals surface area contributed by atoms with Crippen LogP contribution in [0.3, 0.4) is 0 Å². The van der Waals surface area contributed by atoms with Gasteiger partial charge in [-0.25, -0.2) is 4.79 Å². The second-order valence-corrected chi connectivity index (χ2v) is 2.23. The van der Waals surface area contributed by atoms with E-state index in [0.29, 0.717) is 0 Å². The Labute approximate surface area is 89.6 Å². The third kappa shape index (κ3) is 52.4. The zero-order chi connectivity index (χ0) is 9.65. The van der Waals surface area contributed by atoms with Gasteiger partial charge in [0.25, 0.3) is 0 Å². The van der Waals surface area contributed by atoms with E-state index in [0.717, 1.165) is 0 Å². The van der Waals surface area contributed by atoms with Crippen molar-refractivity contribution in [3.63, 3.8) is 0 Å². The first kappa shape index (κ1) is 17.8. The molecule has 0 atom stereocenters. The maximum atomic E-state index is 9.04. The Morgan fingerprint density at radius 2 is 1.25 bits per heavy atom. The van der Waals surface area contributed by atoms with Crippen LogP contribution in [0.1, 0.15) is 0 Å². The van der Waals surface area contributed by atoms with Crippen LogP contribution in [0.25, 0.3) is 0 Å². The number of carbonyl (C=O) groups excluding carboxylic acids is 1. The van der Waals surface area contributed by atoms with Crippen LogP contribution in [0.15, 0.2) is 0 Å². The van der Waals surface area contributed by atoms with Gasteiger partial charge in [-0.2, -0.15) is 0 Å². The van der Waals surface area contributed by atoms with Gasteiger partial charge in [-0.15, -0.1) is 0 Å². The second-order valence-electron chi connectivity index (χ2n) is 0.989. The normalized spacial score (nSPS) is 8.42. The Kier molecular flexibility index (Phi) is 11.1. The van der Waals surface area contributed by atoms with Gasteiger partial charge in [-0.1, -0.05) is 0 Å². The molecular weight excluding hydrogens is 230 g/mol. The fourth-order valence-electron chi connectivity index (χ4n) is 0. The van der Waals surface area contributed by atoms with E-state index < -0.39 is 24.9 Å². The molecule has 0 fully saturated rings. The molecule has 0 radical (unpaired) electrons. The average molecular weight is 232 g/mol. The van der Waals surface area contributed by atoms with Crippen molar-refractivity contribution in [3.8, 4) is 0 Å². The number of hydrogen-bond acceptors (Lipinski definition) is 6. The van der Waals surface area contributed by atoms with Gasteiger partial charge in [0.1, 0.15) is 0 Å². The zero-order valence-corrected chi connectivity index (χ0v) is 8.90. The fraction of sp³-hybridized carbons (Fsp3) is 0. The Morgan fingerprint density at radius 1 is 1.17 bits per heavy atom. The molecule has 0 aromatic heterocycles. The molecule has 0 saturated heterocycles. The van der Waals surface area contributed by atoms with E-state index in [9.17, 15) is 0 Å². The quantitative estimate of drug-likeness (QED) is 0.309. The van der Waals surface area contributed by atoms with Crippen LogP contribution in [-0.2, 0) is 34.1 Å². The van der Waals surface area contributed by atoms with Gasteiger partial charge in [-0.3, -0.25) is 0 Å². The topological polar surface area (TPSA) is 149 Å².